The molecule has 22 heavy (non-hydrogen) atoms. The van der Waals surface area contributed by atoms with Crippen LogP contribution in [-0.4, -0.2) is 42.5 Å². The van der Waals surface area contributed by atoms with Crippen LogP contribution in [0, 0.1) is 5.92 Å². The van der Waals surface area contributed by atoms with Crippen LogP contribution in [0.4, 0.5) is 0 Å². The normalized spacial score (nSPS) is 21.7. The molecule has 2 rings (SSSR count). The fourth-order valence-electron chi connectivity index (χ4n) is 2.52. The first-order valence-corrected chi connectivity index (χ1v) is 7.70. The monoisotopic (exact) mass is 304 g/mol. The Hall–Kier alpha value is -1.88. The smallest absolute Gasteiger partial charge is 0.242 e. The molecule has 120 valence electrons. The van der Waals surface area contributed by atoms with Crippen LogP contribution in [0.25, 0.3) is 0 Å². The lowest BCUT2D eigenvalue weighted by molar-refractivity contribution is -0.149. The molecule has 1 heterocycles. The first-order chi connectivity index (χ1) is 10.5. The van der Waals surface area contributed by atoms with E-state index in [1.165, 1.54) is 6.92 Å². The molecule has 2 amide bonds. The maximum absolute atomic E-state index is 12.3. The number of morpholine rings is 1. The summed E-state index contributed by atoms with van der Waals surface area (Å²) >= 11 is 0. The number of benzene rings is 1. The van der Waals surface area contributed by atoms with Gasteiger partial charge in [-0.2, -0.15) is 0 Å². The van der Waals surface area contributed by atoms with Crippen molar-refractivity contribution in [3.8, 4) is 0 Å². The van der Waals surface area contributed by atoms with Crippen LogP contribution >= 0.6 is 0 Å². The molecule has 1 aliphatic heterocycles. The van der Waals surface area contributed by atoms with Crippen molar-refractivity contribution in [2.45, 2.75) is 33.0 Å². The van der Waals surface area contributed by atoms with Crippen molar-refractivity contribution in [3.05, 3.63) is 35.9 Å². The lowest BCUT2D eigenvalue weighted by Crippen LogP contribution is -2.51. The van der Waals surface area contributed by atoms with E-state index >= 15 is 0 Å². The Balaban J connectivity index is 2.10. The maximum Gasteiger partial charge on any atom is 0.242 e. The van der Waals surface area contributed by atoms with E-state index in [9.17, 15) is 9.59 Å². The highest BCUT2D eigenvalue weighted by Crippen LogP contribution is 2.28. The lowest BCUT2D eigenvalue weighted by atomic mass is 10.0. The van der Waals surface area contributed by atoms with E-state index in [0.29, 0.717) is 19.0 Å². The van der Waals surface area contributed by atoms with Gasteiger partial charge in [-0.25, -0.2) is 0 Å². The number of nitrogens with zero attached hydrogens (tertiary/aromatic N) is 1. The quantitative estimate of drug-likeness (QED) is 0.922. The van der Waals surface area contributed by atoms with Gasteiger partial charge in [0.2, 0.25) is 11.8 Å². The summed E-state index contributed by atoms with van der Waals surface area (Å²) in [6.45, 7) is 6.73. The zero-order chi connectivity index (χ0) is 16.1. The van der Waals surface area contributed by atoms with Crippen LogP contribution in [0.15, 0.2) is 30.3 Å². The highest BCUT2D eigenvalue weighted by Gasteiger charge is 2.32. The second-order valence-corrected chi connectivity index (χ2v) is 6.03. The maximum atomic E-state index is 12.3. The molecule has 0 radical (unpaired) electrons. The fourth-order valence-corrected chi connectivity index (χ4v) is 2.52. The van der Waals surface area contributed by atoms with Gasteiger partial charge in [0, 0.05) is 13.5 Å². The molecule has 0 bridgehead atoms. The summed E-state index contributed by atoms with van der Waals surface area (Å²) in [6.07, 6.45) is -0.121. The van der Waals surface area contributed by atoms with E-state index in [-0.39, 0.29) is 30.6 Å². The minimum absolute atomic E-state index is 0.000217. The van der Waals surface area contributed by atoms with Crippen LogP contribution in [0.5, 0.6) is 0 Å². The third-order valence-corrected chi connectivity index (χ3v) is 3.88. The molecule has 0 aliphatic carbocycles. The highest BCUT2D eigenvalue weighted by atomic mass is 16.5. The number of rotatable bonds is 4. The Morgan fingerprint density at radius 2 is 1.95 bits per heavy atom. The zero-order valence-corrected chi connectivity index (χ0v) is 13.4. The highest BCUT2D eigenvalue weighted by molar-refractivity contribution is 5.83. The lowest BCUT2D eigenvalue weighted by Gasteiger charge is -2.40. The molecule has 1 fully saturated rings. The van der Waals surface area contributed by atoms with Gasteiger partial charge in [-0.05, 0) is 11.5 Å². The van der Waals surface area contributed by atoms with E-state index < -0.39 is 0 Å². The third kappa shape index (κ3) is 4.31. The topological polar surface area (TPSA) is 58.6 Å². The number of hydrogen-bond donors (Lipinski definition) is 1. The zero-order valence-electron chi connectivity index (χ0n) is 13.4. The molecule has 0 aromatic heterocycles. The standard InChI is InChI=1S/C17H24N2O3/c1-12(2)15-10-19(17(21)9-18-13(3)20)11-16(22-15)14-7-5-4-6-8-14/h4-8,12,15-16H,9-11H2,1-3H3,(H,18,20)/t15-,16+/m1/s1. The summed E-state index contributed by atoms with van der Waals surface area (Å²) in [5.41, 5.74) is 1.07. The van der Waals surface area contributed by atoms with Gasteiger partial charge in [0.1, 0.15) is 6.10 Å². The predicted molar refractivity (Wildman–Crippen MR) is 84.2 cm³/mol. The average Bonchev–Trinajstić information content (AvgIpc) is 2.52. The number of nitrogens with one attached hydrogen (secondary N) is 1. The Morgan fingerprint density at radius 3 is 2.55 bits per heavy atom. The molecule has 0 saturated carbocycles. The second kappa shape index (κ2) is 7.40. The van der Waals surface area contributed by atoms with Crippen LogP contribution in [-0.2, 0) is 14.3 Å². The molecule has 0 unspecified atom stereocenters. The molecule has 2 atom stereocenters. The van der Waals surface area contributed by atoms with Gasteiger partial charge in [-0.3, -0.25) is 9.59 Å². The van der Waals surface area contributed by atoms with Crippen LogP contribution in [0.1, 0.15) is 32.4 Å². The number of carbonyl (C=O) groups is 2. The molecule has 1 aromatic carbocycles. The second-order valence-electron chi connectivity index (χ2n) is 6.03. The molecule has 5 heteroatoms. The molecule has 1 aromatic rings. The Morgan fingerprint density at radius 1 is 1.27 bits per heavy atom. The predicted octanol–water partition coefficient (Wildman–Crippen LogP) is 1.75. The summed E-state index contributed by atoms with van der Waals surface area (Å²) in [6, 6.07) is 9.95. The van der Waals surface area contributed by atoms with Gasteiger partial charge in [0.25, 0.3) is 0 Å². The van der Waals surface area contributed by atoms with Gasteiger partial charge < -0.3 is 15.0 Å². The summed E-state index contributed by atoms with van der Waals surface area (Å²) in [5, 5.41) is 2.57. The molecular weight excluding hydrogens is 280 g/mol. The van der Waals surface area contributed by atoms with Crippen molar-refractivity contribution in [1.82, 2.24) is 10.2 Å². The summed E-state index contributed by atoms with van der Waals surface area (Å²) in [7, 11) is 0. The van der Waals surface area contributed by atoms with Crippen LogP contribution in [0.3, 0.4) is 0 Å². The van der Waals surface area contributed by atoms with E-state index in [4.69, 9.17) is 4.74 Å². The molecule has 1 N–H and O–H groups in total. The van der Waals surface area contributed by atoms with Crippen LogP contribution in [0.2, 0.25) is 0 Å². The van der Waals surface area contributed by atoms with Crippen molar-refractivity contribution in [2.24, 2.45) is 5.92 Å². The Kier molecular flexibility index (Phi) is 5.55. The largest absolute Gasteiger partial charge is 0.366 e. The van der Waals surface area contributed by atoms with E-state index in [1.54, 1.807) is 4.90 Å². The average molecular weight is 304 g/mol. The van der Waals surface area contributed by atoms with Crippen molar-refractivity contribution < 1.29 is 14.3 Å². The number of carbonyl (C=O) groups excluding carboxylic acids is 2. The number of hydrogen-bond acceptors (Lipinski definition) is 3. The van der Waals surface area contributed by atoms with Gasteiger partial charge in [-0.15, -0.1) is 0 Å². The SMILES string of the molecule is CC(=O)NCC(=O)N1C[C@@H](c2ccccc2)O[C@@H](C(C)C)C1. The first-order valence-electron chi connectivity index (χ1n) is 7.70. The van der Waals surface area contributed by atoms with E-state index in [0.717, 1.165) is 5.56 Å². The van der Waals surface area contributed by atoms with Gasteiger partial charge in [0.15, 0.2) is 0 Å². The summed E-state index contributed by atoms with van der Waals surface area (Å²) in [4.78, 5) is 25.1. The minimum atomic E-state index is -0.193. The van der Waals surface area contributed by atoms with E-state index in [2.05, 4.69) is 19.2 Å². The van der Waals surface area contributed by atoms with Crippen molar-refractivity contribution in [2.75, 3.05) is 19.6 Å². The molecule has 0 spiro atoms. The molecule has 1 saturated heterocycles. The number of ether oxygens (including phenoxy) is 1. The van der Waals surface area contributed by atoms with Crippen molar-refractivity contribution >= 4 is 11.8 Å². The fraction of sp³-hybridized carbons (Fsp3) is 0.529. The van der Waals surface area contributed by atoms with Crippen molar-refractivity contribution in [1.29, 1.82) is 0 Å². The summed E-state index contributed by atoms with van der Waals surface area (Å²) < 4.78 is 6.16. The third-order valence-electron chi connectivity index (χ3n) is 3.88. The van der Waals surface area contributed by atoms with Crippen LogP contribution < -0.4 is 5.32 Å². The molecular formula is C17H24N2O3. The first kappa shape index (κ1) is 16.5. The summed E-state index contributed by atoms with van der Waals surface area (Å²) in [5.74, 6) is 0.0642. The van der Waals surface area contributed by atoms with Gasteiger partial charge >= 0.3 is 0 Å². The Labute approximate surface area is 131 Å². The van der Waals surface area contributed by atoms with Gasteiger partial charge in [-0.1, -0.05) is 44.2 Å². The van der Waals surface area contributed by atoms with E-state index in [1.807, 2.05) is 30.3 Å². The molecule has 5 nitrogen and oxygen atoms in total. The van der Waals surface area contributed by atoms with Gasteiger partial charge in [0.05, 0.1) is 19.2 Å². The molecule has 1 aliphatic rings. The minimum Gasteiger partial charge on any atom is -0.366 e. The Bertz CT molecular complexity index is 516. The number of amides is 2. The van der Waals surface area contributed by atoms with Crippen molar-refractivity contribution in [3.63, 3.8) is 0 Å².